The summed E-state index contributed by atoms with van der Waals surface area (Å²) in [4.78, 5) is 21.9. The Morgan fingerprint density at radius 3 is 2.44 bits per heavy atom. The number of hydrogen-bond acceptors (Lipinski definition) is 4. The van der Waals surface area contributed by atoms with Crippen LogP contribution < -0.4 is 5.32 Å². The van der Waals surface area contributed by atoms with E-state index in [4.69, 9.17) is 9.40 Å². The van der Waals surface area contributed by atoms with Crippen LogP contribution in [0.1, 0.15) is 17.9 Å². The largest absolute Gasteiger partial charge is 0.441 e. The Bertz CT molecular complexity index is 1370. The number of carbonyl (C=O) groups excluding carboxylic acids is 1. The highest BCUT2D eigenvalue weighted by Crippen LogP contribution is 2.29. The maximum absolute atomic E-state index is 12.9. The fraction of sp³-hybridized carbons (Fsp3) is 0.115. The van der Waals surface area contributed by atoms with Gasteiger partial charge in [-0.2, -0.15) is 0 Å². The molecule has 1 amide bonds. The predicted octanol–water partition coefficient (Wildman–Crippen LogP) is 5.54. The number of nitrogens with zero attached hydrogens (tertiary/aromatic N) is 3. The summed E-state index contributed by atoms with van der Waals surface area (Å²) in [5.74, 6) is 1.78. The van der Waals surface area contributed by atoms with Crippen LogP contribution in [0.25, 0.3) is 28.2 Å². The summed E-state index contributed by atoms with van der Waals surface area (Å²) in [6.07, 6.45) is 4.34. The molecule has 3 heterocycles. The molecule has 0 bridgehead atoms. The van der Waals surface area contributed by atoms with Crippen molar-refractivity contribution in [1.82, 2.24) is 14.4 Å². The number of benzene rings is 2. The highest BCUT2D eigenvalue weighted by Gasteiger charge is 2.17. The topological polar surface area (TPSA) is 72.4 Å². The van der Waals surface area contributed by atoms with Crippen LogP contribution in [0.3, 0.4) is 0 Å². The summed E-state index contributed by atoms with van der Waals surface area (Å²) in [5.41, 5.74) is 4.52. The van der Waals surface area contributed by atoms with E-state index in [-0.39, 0.29) is 12.3 Å². The molecule has 0 radical (unpaired) electrons. The molecule has 5 rings (SSSR count). The van der Waals surface area contributed by atoms with Gasteiger partial charge in [0.15, 0.2) is 11.7 Å². The molecule has 2 aromatic carbocycles. The Kier molecular flexibility index (Phi) is 5.25. The van der Waals surface area contributed by atoms with E-state index in [2.05, 4.69) is 10.3 Å². The number of aryl methyl sites for hydroxylation is 2. The number of aromatic nitrogens is 3. The van der Waals surface area contributed by atoms with Crippen LogP contribution in [0.2, 0.25) is 0 Å². The van der Waals surface area contributed by atoms with Gasteiger partial charge >= 0.3 is 0 Å². The predicted molar refractivity (Wildman–Crippen MR) is 124 cm³/mol. The number of anilines is 1. The lowest BCUT2D eigenvalue weighted by atomic mass is 10.1. The van der Waals surface area contributed by atoms with Crippen molar-refractivity contribution in [3.8, 4) is 22.6 Å². The van der Waals surface area contributed by atoms with Crippen LogP contribution in [-0.4, -0.2) is 20.3 Å². The highest BCUT2D eigenvalue weighted by molar-refractivity contribution is 5.94. The number of nitrogens with one attached hydrogen (secondary N) is 1. The van der Waals surface area contributed by atoms with E-state index in [1.807, 2.05) is 90.3 Å². The average molecular weight is 422 g/mol. The summed E-state index contributed by atoms with van der Waals surface area (Å²) < 4.78 is 7.75. The van der Waals surface area contributed by atoms with Gasteiger partial charge in [0.1, 0.15) is 17.2 Å². The van der Waals surface area contributed by atoms with E-state index < -0.39 is 0 Å². The Hall–Kier alpha value is -4.19. The fourth-order valence-electron chi connectivity index (χ4n) is 3.64. The molecular weight excluding hydrogens is 400 g/mol. The minimum atomic E-state index is -0.120. The van der Waals surface area contributed by atoms with E-state index in [1.54, 1.807) is 6.20 Å². The zero-order valence-electron chi connectivity index (χ0n) is 17.7. The van der Waals surface area contributed by atoms with E-state index in [0.29, 0.717) is 23.9 Å². The molecule has 5 aromatic rings. The normalized spacial score (nSPS) is 11.0. The van der Waals surface area contributed by atoms with Crippen LogP contribution in [0.4, 0.5) is 5.82 Å². The number of fused-ring (bicyclic) bond motifs is 1. The second kappa shape index (κ2) is 8.51. The van der Waals surface area contributed by atoms with Gasteiger partial charge in [-0.25, -0.2) is 9.97 Å². The molecule has 6 nitrogen and oxygen atoms in total. The molecule has 0 atom stereocenters. The second-order valence-corrected chi connectivity index (χ2v) is 7.64. The van der Waals surface area contributed by atoms with Gasteiger partial charge in [-0.1, -0.05) is 66.7 Å². The summed E-state index contributed by atoms with van der Waals surface area (Å²) in [7, 11) is 0. The van der Waals surface area contributed by atoms with Gasteiger partial charge in [-0.15, -0.1) is 0 Å². The van der Waals surface area contributed by atoms with E-state index >= 15 is 0 Å². The van der Waals surface area contributed by atoms with Crippen molar-refractivity contribution in [2.75, 3.05) is 5.32 Å². The van der Waals surface area contributed by atoms with Crippen LogP contribution in [0.15, 0.2) is 89.6 Å². The first-order chi connectivity index (χ1) is 15.7. The van der Waals surface area contributed by atoms with Gasteiger partial charge in [0, 0.05) is 30.2 Å². The summed E-state index contributed by atoms with van der Waals surface area (Å²) in [6.45, 7) is 2.01. The number of carbonyl (C=O) groups is 1. The van der Waals surface area contributed by atoms with Gasteiger partial charge in [-0.3, -0.25) is 9.20 Å². The molecule has 0 aliphatic rings. The fourth-order valence-corrected chi connectivity index (χ4v) is 3.64. The molecule has 0 fully saturated rings. The van der Waals surface area contributed by atoms with Crippen LogP contribution in [-0.2, 0) is 11.2 Å². The number of pyridine rings is 1. The van der Waals surface area contributed by atoms with Gasteiger partial charge in [0.2, 0.25) is 5.91 Å². The van der Waals surface area contributed by atoms with Gasteiger partial charge in [-0.05, 0) is 18.6 Å². The molecule has 0 aliphatic carbocycles. The molecular formula is C26H22N4O2. The Labute approximate surface area is 185 Å². The lowest BCUT2D eigenvalue weighted by molar-refractivity contribution is -0.116. The first-order valence-corrected chi connectivity index (χ1v) is 10.5. The Morgan fingerprint density at radius 1 is 0.969 bits per heavy atom. The van der Waals surface area contributed by atoms with Crippen molar-refractivity contribution in [2.45, 2.75) is 19.8 Å². The molecule has 0 aliphatic heterocycles. The van der Waals surface area contributed by atoms with Crippen molar-refractivity contribution >= 4 is 17.4 Å². The second-order valence-electron chi connectivity index (χ2n) is 7.64. The Morgan fingerprint density at radius 2 is 1.69 bits per heavy atom. The van der Waals surface area contributed by atoms with Gasteiger partial charge in [0.05, 0.1) is 6.20 Å². The molecule has 0 unspecified atom stereocenters. The van der Waals surface area contributed by atoms with Crippen molar-refractivity contribution in [1.29, 1.82) is 0 Å². The smallest absolute Gasteiger partial charge is 0.226 e. The number of hydrogen-bond donors (Lipinski definition) is 1. The third-order valence-corrected chi connectivity index (χ3v) is 5.25. The minimum Gasteiger partial charge on any atom is -0.441 e. The minimum absolute atomic E-state index is 0.120. The quantitative estimate of drug-likeness (QED) is 0.390. The van der Waals surface area contributed by atoms with Crippen LogP contribution >= 0.6 is 0 Å². The SMILES string of the molecule is Cc1ccc2nc(-c3ccccc3)c(NC(=O)CCc3ncc(-c4ccccc4)o3)n2c1. The molecule has 0 saturated carbocycles. The maximum Gasteiger partial charge on any atom is 0.226 e. The summed E-state index contributed by atoms with van der Waals surface area (Å²) in [5, 5.41) is 3.06. The first kappa shape index (κ1) is 19.8. The molecule has 1 N–H and O–H groups in total. The maximum atomic E-state index is 12.9. The number of oxazole rings is 1. The zero-order chi connectivity index (χ0) is 21.9. The molecule has 3 aromatic heterocycles. The third-order valence-electron chi connectivity index (χ3n) is 5.25. The van der Waals surface area contributed by atoms with Crippen LogP contribution in [0, 0.1) is 6.92 Å². The van der Waals surface area contributed by atoms with Crippen LogP contribution in [0.5, 0.6) is 0 Å². The number of amides is 1. The first-order valence-electron chi connectivity index (χ1n) is 10.5. The molecule has 158 valence electrons. The number of imidazole rings is 1. The monoisotopic (exact) mass is 422 g/mol. The van der Waals surface area contributed by atoms with E-state index in [0.717, 1.165) is 28.0 Å². The van der Waals surface area contributed by atoms with Crippen molar-refractivity contribution < 1.29 is 9.21 Å². The molecule has 32 heavy (non-hydrogen) atoms. The lowest BCUT2D eigenvalue weighted by Gasteiger charge is -2.08. The zero-order valence-corrected chi connectivity index (χ0v) is 17.7. The van der Waals surface area contributed by atoms with E-state index in [1.165, 1.54) is 0 Å². The summed E-state index contributed by atoms with van der Waals surface area (Å²) in [6, 6.07) is 23.6. The third kappa shape index (κ3) is 4.03. The van der Waals surface area contributed by atoms with Crippen molar-refractivity contribution in [3.05, 3.63) is 96.6 Å². The van der Waals surface area contributed by atoms with Gasteiger partial charge < -0.3 is 9.73 Å². The van der Waals surface area contributed by atoms with Crippen molar-refractivity contribution in [2.24, 2.45) is 0 Å². The number of rotatable bonds is 6. The highest BCUT2D eigenvalue weighted by atomic mass is 16.4. The average Bonchev–Trinajstić information content (AvgIpc) is 3.44. The standard InChI is InChI=1S/C26H22N4O2/c1-18-12-13-22-28-25(20-10-6-3-7-11-20)26(30(22)17-18)29-23(31)14-15-24-27-16-21(32-24)19-8-4-2-5-9-19/h2-13,16-17H,14-15H2,1H3,(H,29,31). The Balaban J connectivity index is 1.36. The molecule has 0 saturated heterocycles. The molecule has 6 heteroatoms. The summed E-state index contributed by atoms with van der Waals surface area (Å²) >= 11 is 0. The lowest BCUT2D eigenvalue weighted by Crippen LogP contribution is -2.14. The van der Waals surface area contributed by atoms with Gasteiger partial charge in [0.25, 0.3) is 0 Å². The van der Waals surface area contributed by atoms with E-state index in [9.17, 15) is 4.79 Å². The van der Waals surface area contributed by atoms with Crippen molar-refractivity contribution in [3.63, 3.8) is 0 Å². The molecule has 0 spiro atoms.